The van der Waals surface area contributed by atoms with Crippen LogP contribution >= 0.6 is 0 Å². The molecule has 0 saturated carbocycles. The van der Waals surface area contributed by atoms with Gasteiger partial charge in [-0.15, -0.1) is 11.5 Å². The maximum absolute atomic E-state index is 5.28. The Labute approximate surface area is 88.7 Å². The number of rotatable bonds is 2. The number of aromatic nitrogens is 3. The lowest BCUT2D eigenvalue weighted by Crippen LogP contribution is -2.00. The first-order valence-electron chi connectivity index (χ1n) is 4.72. The molecule has 1 heterocycles. The van der Waals surface area contributed by atoms with Crippen molar-refractivity contribution in [2.45, 2.75) is 13.5 Å². The zero-order chi connectivity index (χ0) is 10.7. The summed E-state index contributed by atoms with van der Waals surface area (Å²) in [6, 6.07) is 10.0. The summed E-state index contributed by atoms with van der Waals surface area (Å²) in [5, 5.41) is 8.03. The molecule has 0 atom stereocenters. The molecule has 0 spiro atoms. The van der Waals surface area contributed by atoms with Crippen molar-refractivity contribution in [2.24, 2.45) is 0 Å². The largest absolute Gasteiger partial charge is 0.232 e. The summed E-state index contributed by atoms with van der Waals surface area (Å²) in [5.41, 5.74) is 2.99. The van der Waals surface area contributed by atoms with E-state index in [2.05, 4.69) is 16.2 Å². The zero-order valence-corrected chi connectivity index (χ0v) is 8.51. The normalized spacial score (nSPS) is 9.87. The van der Waals surface area contributed by atoms with E-state index in [0.29, 0.717) is 6.54 Å². The molecule has 1 aromatic heterocycles. The van der Waals surface area contributed by atoms with Gasteiger partial charge in [0.1, 0.15) is 6.54 Å². The number of hydrogen-bond donors (Lipinski definition) is 0. The van der Waals surface area contributed by atoms with Gasteiger partial charge >= 0.3 is 0 Å². The summed E-state index contributed by atoms with van der Waals surface area (Å²) in [4.78, 5) is 0. The maximum atomic E-state index is 5.28. The fraction of sp³-hybridized carbons (Fsp3) is 0.167. The van der Waals surface area contributed by atoms with Gasteiger partial charge < -0.3 is 0 Å². The van der Waals surface area contributed by atoms with Crippen LogP contribution in [0.1, 0.15) is 5.69 Å². The van der Waals surface area contributed by atoms with Crippen LogP contribution in [0.15, 0.2) is 30.3 Å². The van der Waals surface area contributed by atoms with Gasteiger partial charge in [0.05, 0.1) is 11.4 Å². The molecule has 0 bridgehead atoms. The zero-order valence-electron chi connectivity index (χ0n) is 8.51. The van der Waals surface area contributed by atoms with Gasteiger partial charge in [-0.3, -0.25) is 0 Å². The van der Waals surface area contributed by atoms with Crippen LogP contribution in [0, 0.1) is 19.3 Å². The van der Waals surface area contributed by atoms with Crippen molar-refractivity contribution in [1.82, 2.24) is 15.0 Å². The summed E-state index contributed by atoms with van der Waals surface area (Å²) in [5.74, 6) is 2.57. The molecule has 3 nitrogen and oxygen atoms in total. The highest BCUT2D eigenvalue weighted by molar-refractivity contribution is 5.61. The van der Waals surface area contributed by atoms with Gasteiger partial charge in [0, 0.05) is 5.56 Å². The van der Waals surface area contributed by atoms with E-state index in [1.807, 2.05) is 37.3 Å². The lowest BCUT2D eigenvalue weighted by Gasteiger charge is -2.03. The van der Waals surface area contributed by atoms with Crippen molar-refractivity contribution in [3.8, 4) is 23.6 Å². The third kappa shape index (κ3) is 1.75. The first kappa shape index (κ1) is 9.47. The van der Waals surface area contributed by atoms with E-state index in [-0.39, 0.29) is 0 Å². The molecule has 74 valence electrons. The Morgan fingerprint density at radius 3 is 2.73 bits per heavy atom. The molecule has 0 fully saturated rings. The highest BCUT2D eigenvalue weighted by atomic mass is 15.4. The van der Waals surface area contributed by atoms with Crippen LogP contribution in [0.4, 0.5) is 0 Å². The Kier molecular flexibility index (Phi) is 2.51. The minimum atomic E-state index is 0.449. The summed E-state index contributed by atoms with van der Waals surface area (Å²) in [6.07, 6.45) is 5.28. The second-order valence-corrected chi connectivity index (χ2v) is 3.25. The molecular formula is C12H11N3. The molecule has 1 aromatic carbocycles. The topological polar surface area (TPSA) is 30.7 Å². The third-order valence-corrected chi connectivity index (χ3v) is 2.19. The Morgan fingerprint density at radius 2 is 2.07 bits per heavy atom. The monoisotopic (exact) mass is 197 g/mol. The average molecular weight is 197 g/mol. The van der Waals surface area contributed by atoms with Gasteiger partial charge in [0.15, 0.2) is 0 Å². The average Bonchev–Trinajstić information content (AvgIpc) is 2.62. The molecule has 3 heteroatoms. The number of hydrogen-bond acceptors (Lipinski definition) is 2. The molecular weight excluding hydrogens is 186 g/mol. The Bertz CT molecular complexity index is 491. The van der Waals surface area contributed by atoms with Crippen LogP contribution in [-0.4, -0.2) is 15.0 Å². The van der Waals surface area contributed by atoms with E-state index in [4.69, 9.17) is 6.42 Å². The maximum Gasteiger partial charge on any atom is 0.104 e. The van der Waals surface area contributed by atoms with E-state index >= 15 is 0 Å². The molecule has 0 aliphatic heterocycles. The second-order valence-electron chi connectivity index (χ2n) is 3.25. The van der Waals surface area contributed by atoms with Crippen molar-refractivity contribution in [2.75, 3.05) is 0 Å². The molecule has 0 radical (unpaired) electrons. The third-order valence-electron chi connectivity index (χ3n) is 2.19. The molecule has 0 unspecified atom stereocenters. The van der Waals surface area contributed by atoms with E-state index in [0.717, 1.165) is 17.0 Å². The summed E-state index contributed by atoms with van der Waals surface area (Å²) < 4.78 is 1.74. The van der Waals surface area contributed by atoms with Gasteiger partial charge in [-0.25, -0.2) is 4.68 Å². The summed E-state index contributed by atoms with van der Waals surface area (Å²) in [7, 11) is 0. The predicted molar refractivity (Wildman–Crippen MR) is 59.0 cm³/mol. The SMILES string of the molecule is C#CCn1nnc(C)c1-c1ccccc1. The van der Waals surface area contributed by atoms with Crippen LogP contribution in [-0.2, 0) is 6.54 Å². The van der Waals surface area contributed by atoms with Crippen molar-refractivity contribution in [1.29, 1.82) is 0 Å². The molecule has 0 amide bonds. The van der Waals surface area contributed by atoms with E-state index in [9.17, 15) is 0 Å². The number of nitrogens with zero attached hydrogens (tertiary/aromatic N) is 3. The van der Waals surface area contributed by atoms with Crippen LogP contribution in [0.25, 0.3) is 11.3 Å². The lowest BCUT2D eigenvalue weighted by molar-refractivity contribution is 0.678. The fourth-order valence-corrected chi connectivity index (χ4v) is 1.55. The Hall–Kier alpha value is -2.08. The summed E-state index contributed by atoms with van der Waals surface area (Å²) in [6.45, 7) is 2.38. The second kappa shape index (κ2) is 3.97. The standard InChI is InChI=1S/C12H11N3/c1-3-9-15-12(10(2)13-14-15)11-7-5-4-6-8-11/h1,4-8H,9H2,2H3. The minimum Gasteiger partial charge on any atom is -0.232 e. The van der Waals surface area contributed by atoms with Gasteiger partial charge in [0.25, 0.3) is 0 Å². The first-order valence-corrected chi connectivity index (χ1v) is 4.72. The predicted octanol–water partition coefficient (Wildman–Crippen LogP) is 1.89. The summed E-state index contributed by atoms with van der Waals surface area (Å²) >= 11 is 0. The highest BCUT2D eigenvalue weighted by Crippen LogP contribution is 2.20. The molecule has 0 N–H and O–H groups in total. The molecule has 0 aliphatic carbocycles. The number of benzene rings is 1. The molecule has 15 heavy (non-hydrogen) atoms. The van der Waals surface area contributed by atoms with E-state index < -0.39 is 0 Å². The quantitative estimate of drug-likeness (QED) is 0.688. The van der Waals surface area contributed by atoms with Gasteiger partial charge in [-0.2, -0.15) is 0 Å². The van der Waals surface area contributed by atoms with Gasteiger partial charge in [-0.1, -0.05) is 41.5 Å². The fourth-order valence-electron chi connectivity index (χ4n) is 1.55. The molecule has 2 rings (SSSR count). The van der Waals surface area contributed by atoms with Crippen LogP contribution in [0.3, 0.4) is 0 Å². The lowest BCUT2D eigenvalue weighted by atomic mass is 10.1. The van der Waals surface area contributed by atoms with Crippen molar-refractivity contribution >= 4 is 0 Å². The van der Waals surface area contributed by atoms with Crippen LogP contribution in [0.5, 0.6) is 0 Å². The smallest absolute Gasteiger partial charge is 0.104 e. The van der Waals surface area contributed by atoms with Crippen molar-refractivity contribution < 1.29 is 0 Å². The van der Waals surface area contributed by atoms with Crippen molar-refractivity contribution in [3.05, 3.63) is 36.0 Å². The van der Waals surface area contributed by atoms with Gasteiger partial charge in [-0.05, 0) is 6.92 Å². The molecule has 0 aliphatic rings. The number of aryl methyl sites for hydroxylation is 1. The minimum absolute atomic E-state index is 0.449. The highest BCUT2D eigenvalue weighted by Gasteiger charge is 2.09. The number of terminal acetylenes is 1. The Balaban J connectivity index is 2.52. The van der Waals surface area contributed by atoms with E-state index in [1.165, 1.54) is 0 Å². The van der Waals surface area contributed by atoms with Crippen molar-refractivity contribution in [3.63, 3.8) is 0 Å². The molecule has 2 aromatic rings. The van der Waals surface area contributed by atoms with Gasteiger partial charge in [0.2, 0.25) is 0 Å². The van der Waals surface area contributed by atoms with Crippen LogP contribution in [0.2, 0.25) is 0 Å². The van der Waals surface area contributed by atoms with E-state index in [1.54, 1.807) is 4.68 Å². The molecule has 0 saturated heterocycles. The first-order chi connectivity index (χ1) is 7.33. The van der Waals surface area contributed by atoms with Crippen LogP contribution < -0.4 is 0 Å². The Morgan fingerprint density at radius 1 is 1.33 bits per heavy atom.